The summed E-state index contributed by atoms with van der Waals surface area (Å²) in [6.07, 6.45) is 1.77. The van der Waals surface area contributed by atoms with Crippen LogP contribution in [0.4, 0.5) is 8.78 Å². The number of carboxylic acid groups (broad SMARTS) is 1. The number of carboxylic acids is 1. The number of pyridine rings is 1. The Hall–Kier alpha value is -3.85. The molecule has 42 heavy (non-hydrogen) atoms. The fourth-order valence-electron chi connectivity index (χ4n) is 6.99. The molecule has 1 amide bonds. The normalized spacial score (nSPS) is 23.2. The predicted molar refractivity (Wildman–Crippen MR) is 159 cm³/mol. The minimum atomic E-state index is -3.04. The van der Waals surface area contributed by atoms with Crippen LogP contribution >= 0.6 is 15.9 Å². The summed E-state index contributed by atoms with van der Waals surface area (Å²) in [4.78, 5) is 31.8. The molecule has 216 valence electrons. The maximum Gasteiger partial charge on any atom is 0.387 e. The summed E-state index contributed by atoms with van der Waals surface area (Å²) in [6.45, 7) is -1.16. The van der Waals surface area contributed by atoms with E-state index in [1.54, 1.807) is 18.2 Å². The van der Waals surface area contributed by atoms with Crippen molar-refractivity contribution in [1.82, 2.24) is 10.3 Å². The summed E-state index contributed by atoms with van der Waals surface area (Å²) in [6, 6.07) is 21.8. The molecule has 9 heteroatoms. The predicted octanol–water partition coefficient (Wildman–Crippen LogP) is 7.88. The van der Waals surface area contributed by atoms with Gasteiger partial charge in [-0.3, -0.25) is 9.59 Å². The number of halogens is 3. The number of aromatic nitrogens is 1. The number of benzene rings is 3. The average Bonchev–Trinajstić information content (AvgIpc) is 2.97. The lowest BCUT2D eigenvalue weighted by atomic mass is 9.51. The second-order valence-corrected chi connectivity index (χ2v) is 12.3. The molecule has 3 aliphatic carbocycles. The van der Waals surface area contributed by atoms with Crippen molar-refractivity contribution in [3.63, 3.8) is 0 Å². The Balaban J connectivity index is 1.47. The third-order valence-corrected chi connectivity index (χ3v) is 9.65. The van der Waals surface area contributed by atoms with Crippen LogP contribution in [0.25, 0.3) is 22.2 Å². The highest BCUT2D eigenvalue weighted by atomic mass is 79.9. The molecule has 7 rings (SSSR count). The van der Waals surface area contributed by atoms with Crippen LogP contribution in [0.1, 0.15) is 59.5 Å². The van der Waals surface area contributed by atoms with Crippen molar-refractivity contribution in [2.75, 3.05) is 0 Å². The number of fused-ring (bicyclic) bond motifs is 4. The monoisotopic (exact) mass is 634 g/mol. The molecule has 1 heterocycles. The molecule has 2 N–H and O–H groups in total. The molecule has 2 bridgehead atoms. The van der Waals surface area contributed by atoms with Gasteiger partial charge in [0, 0.05) is 26.9 Å². The summed E-state index contributed by atoms with van der Waals surface area (Å²) in [5, 5.41) is 14.2. The number of hydrogen-bond donors (Lipinski definition) is 2. The van der Waals surface area contributed by atoms with Crippen molar-refractivity contribution in [3.8, 4) is 17.0 Å². The van der Waals surface area contributed by atoms with Crippen molar-refractivity contribution in [3.05, 3.63) is 94.0 Å². The van der Waals surface area contributed by atoms with Gasteiger partial charge in [0.05, 0.1) is 22.2 Å². The van der Waals surface area contributed by atoms with Crippen LogP contribution in [0.15, 0.2) is 77.3 Å². The summed E-state index contributed by atoms with van der Waals surface area (Å²) in [5.41, 5.74) is 2.07. The highest BCUT2D eigenvalue weighted by Gasteiger charge is 2.59. The molecule has 3 saturated carbocycles. The van der Waals surface area contributed by atoms with E-state index in [1.165, 1.54) is 6.07 Å². The van der Waals surface area contributed by atoms with Gasteiger partial charge in [0.1, 0.15) is 5.75 Å². The maximum atomic E-state index is 14.5. The van der Waals surface area contributed by atoms with E-state index in [-0.39, 0.29) is 18.1 Å². The first-order chi connectivity index (χ1) is 20.1. The summed E-state index contributed by atoms with van der Waals surface area (Å²) < 4.78 is 32.5. The third-order valence-electron chi connectivity index (χ3n) is 9.15. The maximum absolute atomic E-state index is 14.5. The fourth-order valence-corrected chi connectivity index (χ4v) is 7.36. The minimum Gasteiger partial charge on any atom is -0.481 e. The largest absolute Gasteiger partial charge is 0.481 e. The lowest BCUT2D eigenvalue weighted by Crippen LogP contribution is -2.62. The van der Waals surface area contributed by atoms with Gasteiger partial charge in [0.15, 0.2) is 0 Å². The zero-order valence-electron chi connectivity index (χ0n) is 22.9. The van der Waals surface area contributed by atoms with E-state index in [2.05, 4.69) is 21.2 Å². The summed E-state index contributed by atoms with van der Waals surface area (Å²) in [5.74, 6) is -1.74. The molecule has 3 fully saturated rings. The van der Waals surface area contributed by atoms with Gasteiger partial charge in [-0.05, 0) is 74.4 Å². The van der Waals surface area contributed by atoms with Gasteiger partial charge in [-0.1, -0.05) is 64.5 Å². The van der Waals surface area contributed by atoms with Crippen LogP contribution in [0.2, 0.25) is 0 Å². The first kappa shape index (κ1) is 28.3. The van der Waals surface area contributed by atoms with Crippen LogP contribution < -0.4 is 10.1 Å². The minimum absolute atomic E-state index is 0.0000450. The summed E-state index contributed by atoms with van der Waals surface area (Å²) in [7, 11) is 0. The van der Waals surface area contributed by atoms with E-state index in [0.717, 1.165) is 10.0 Å². The van der Waals surface area contributed by atoms with Crippen molar-refractivity contribution >= 4 is 38.7 Å². The van der Waals surface area contributed by atoms with E-state index in [4.69, 9.17) is 9.72 Å². The fraction of sp³-hybridized carbons (Fsp3) is 0.303. The zero-order valence-corrected chi connectivity index (χ0v) is 24.5. The van der Waals surface area contributed by atoms with E-state index in [0.29, 0.717) is 59.0 Å². The number of ether oxygens (including phenoxy) is 1. The molecule has 1 aromatic heterocycles. The molecular weight excluding hydrogens is 606 g/mol. The number of amides is 1. The van der Waals surface area contributed by atoms with Gasteiger partial charge in [-0.2, -0.15) is 8.78 Å². The van der Waals surface area contributed by atoms with Crippen LogP contribution in [-0.2, 0) is 4.79 Å². The van der Waals surface area contributed by atoms with Crippen LogP contribution in [0.3, 0.4) is 0 Å². The van der Waals surface area contributed by atoms with Gasteiger partial charge < -0.3 is 15.2 Å². The Bertz CT molecular complexity index is 1690. The standard InChI is InChI=1S/C33H29BrF2N2O4/c1-19-27(23-17-21(34)11-12-25(23)37-28(19)20-7-3-2-4-8-20)29(39)38-33-15-13-32(14-16-33,30(40)41)18-24(33)22-9-5-6-10-26(22)42-31(35)36/h2-12,17,24,31H,13-16,18H2,1H3,(H,38,39)(H,40,41). The number of rotatable bonds is 7. The zero-order chi connectivity index (χ0) is 29.6. The Morgan fingerprint density at radius 3 is 2.40 bits per heavy atom. The molecule has 6 nitrogen and oxygen atoms in total. The molecule has 3 aliphatic rings. The van der Waals surface area contributed by atoms with Gasteiger partial charge in [-0.25, -0.2) is 4.98 Å². The summed E-state index contributed by atoms with van der Waals surface area (Å²) >= 11 is 3.53. The van der Waals surface area contributed by atoms with Gasteiger partial charge >= 0.3 is 12.6 Å². The number of nitrogens with one attached hydrogen (secondary N) is 1. The quantitative estimate of drug-likeness (QED) is 0.216. The van der Waals surface area contributed by atoms with Crippen molar-refractivity contribution in [2.24, 2.45) is 5.41 Å². The van der Waals surface area contributed by atoms with Crippen LogP contribution in [0, 0.1) is 12.3 Å². The molecule has 1 atom stereocenters. The Labute approximate surface area is 250 Å². The number of carbonyl (C=O) groups excluding carboxylic acids is 1. The molecule has 1 unspecified atom stereocenters. The van der Waals surface area contributed by atoms with E-state index in [1.807, 2.05) is 55.5 Å². The molecule has 0 radical (unpaired) electrons. The molecule has 0 saturated heterocycles. The van der Waals surface area contributed by atoms with E-state index >= 15 is 0 Å². The van der Waals surface area contributed by atoms with E-state index < -0.39 is 29.5 Å². The van der Waals surface area contributed by atoms with Crippen LogP contribution in [-0.4, -0.2) is 34.1 Å². The Morgan fingerprint density at radius 1 is 1.02 bits per heavy atom. The Morgan fingerprint density at radius 2 is 1.71 bits per heavy atom. The lowest BCUT2D eigenvalue weighted by molar-refractivity contribution is -0.157. The number of aliphatic carboxylic acids is 1. The number of nitrogens with zero attached hydrogens (tertiary/aromatic N) is 1. The highest BCUT2D eigenvalue weighted by molar-refractivity contribution is 9.10. The van der Waals surface area contributed by atoms with E-state index in [9.17, 15) is 23.5 Å². The third kappa shape index (κ3) is 4.83. The molecule has 3 aromatic carbocycles. The molecule has 0 spiro atoms. The second-order valence-electron chi connectivity index (χ2n) is 11.4. The average molecular weight is 636 g/mol. The number of carbonyl (C=O) groups is 2. The van der Waals surface area contributed by atoms with Crippen molar-refractivity contribution < 1.29 is 28.2 Å². The number of hydrogen-bond acceptors (Lipinski definition) is 4. The number of alkyl halides is 2. The first-order valence-corrected chi connectivity index (χ1v) is 14.7. The van der Waals surface area contributed by atoms with Crippen molar-refractivity contribution in [1.29, 1.82) is 0 Å². The molecule has 4 aromatic rings. The highest BCUT2D eigenvalue weighted by Crippen LogP contribution is 2.60. The molecular formula is C33H29BrF2N2O4. The lowest BCUT2D eigenvalue weighted by Gasteiger charge is -2.56. The van der Waals surface area contributed by atoms with Gasteiger partial charge in [0.25, 0.3) is 5.91 Å². The Kier molecular flexibility index (Phi) is 7.25. The SMILES string of the molecule is Cc1c(-c2ccccc2)nc2ccc(Br)cc2c1C(=O)NC12CCC(C(=O)O)(CC1)CC2c1ccccc1OC(F)F. The smallest absolute Gasteiger partial charge is 0.387 e. The molecule has 0 aliphatic heterocycles. The van der Waals surface area contributed by atoms with Gasteiger partial charge in [-0.15, -0.1) is 0 Å². The van der Waals surface area contributed by atoms with Crippen molar-refractivity contribution in [2.45, 2.75) is 57.1 Å². The number of para-hydroxylation sites is 1. The van der Waals surface area contributed by atoms with Crippen LogP contribution in [0.5, 0.6) is 5.75 Å². The van der Waals surface area contributed by atoms with Gasteiger partial charge in [0.2, 0.25) is 0 Å². The topological polar surface area (TPSA) is 88.5 Å². The first-order valence-electron chi connectivity index (χ1n) is 13.9. The second kappa shape index (κ2) is 10.8.